The molecule has 6 aliphatic rings. The van der Waals surface area contributed by atoms with Gasteiger partial charge in [-0.05, 0) is 0 Å². The third kappa shape index (κ3) is 13.7. The van der Waals surface area contributed by atoms with Crippen LogP contribution in [0.1, 0.15) is 24.9 Å². The molecule has 8 aromatic rings. The molecule has 520 valence electrons. The van der Waals surface area contributed by atoms with Gasteiger partial charge in [0.1, 0.15) is 60.3 Å². The number of quaternary nitrogens is 4. The Morgan fingerprint density at radius 1 is 0.490 bits per heavy atom. The van der Waals surface area contributed by atoms with Crippen LogP contribution in [-0.4, -0.2) is 204 Å². The number of nitrogen functional groups attached to an aromatic ring is 4. The standard InChI is InChI=1S/2C21H24BFN10O11P2.4H3N/c2*22-45(36)39-3-9-14(10(23)19(42-9)32-5-28-11-15(24)26-4-27-16(11)32)44-46(37,38)40-2-8-7(1-34)13(43-45)20(41-8)33-6-29-12-17(33)30-21(25)31-18(12)35;;;;/h2*4-10,13-14,19-20,34H,1-3H2,(H,37,38)(H2,24,26,27)(H3,25,30,31,35);4*1H3/p+2/t2*7-,8?,9+,10-,13-,14-,19?,20+,45-;;;;/m00..../s1. The molecule has 28 N–H and O–H groups in total. The van der Waals surface area contributed by atoms with Crippen molar-refractivity contribution in [2.24, 2.45) is 11.8 Å². The maximum absolute atomic E-state index is 15.9. The van der Waals surface area contributed by atoms with Crippen molar-refractivity contribution in [1.82, 2.24) is 103 Å². The molecule has 46 nitrogen and oxygen atoms in total. The van der Waals surface area contributed by atoms with Gasteiger partial charge in [0.05, 0.1) is 77.2 Å². The number of nitrogens with zero attached hydrogens (tertiary/aromatic N) is 14. The second-order valence-electron chi connectivity index (χ2n) is 21.0. The minimum absolute atomic E-state index is 0. The molecule has 14 heterocycles. The van der Waals surface area contributed by atoms with E-state index in [1.807, 2.05) is 0 Å². The van der Waals surface area contributed by atoms with Crippen molar-refractivity contribution in [2.75, 3.05) is 62.6 Å². The number of aromatic amines is 2. The van der Waals surface area contributed by atoms with Gasteiger partial charge in [0, 0.05) is 11.8 Å². The zero-order valence-corrected chi connectivity index (χ0v) is 53.9. The van der Waals surface area contributed by atoms with E-state index in [0.29, 0.717) is 0 Å². The lowest BCUT2D eigenvalue weighted by molar-refractivity contribution is -0.236. The first-order chi connectivity index (χ1) is 43.7. The lowest BCUT2D eigenvalue weighted by atomic mass is 9.99. The van der Waals surface area contributed by atoms with E-state index in [9.17, 15) is 47.8 Å². The topological polar surface area (TPSA) is 730 Å². The number of hydrogen-bond acceptors (Lipinski definition) is 36. The highest BCUT2D eigenvalue weighted by Gasteiger charge is 2.55. The maximum Gasteiger partial charge on any atom is 0.280 e. The third-order valence-corrected chi connectivity index (χ3v) is 19.4. The van der Waals surface area contributed by atoms with E-state index in [-0.39, 0.29) is 92.8 Å². The second-order valence-corrected chi connectivity index (χ2v) is 26.8. The molecule has 0 aliphatic carbocycles. The molecule has 6 unspecified atom stereocenters. The number of hydrogen-bond donors (Lipinski definition) is 12. The number of aromatic nitrogens is 16. The fourth-order valence-corrected chi connectivity index (χ4v) is 15.1. The van der Waals surface area contributed by atoms with Crippen LogP contribution in [0.15, 0.2) is 47.6 Å². The van der Waals surface area contributed by atoms with Gasteiger partial charge >= 0.3 is 0 Å². The van der Waals surface area contributed by atoms with Crippen LogP contribution >= 0.6 is 30.6 Å². The summed E-state index contributed by atoms with van der Waals surface area (Å²) >= 11 is 0. The molecule has 8 aromatic heterocycles. The lowest BCUT2D eigenvalue weighted by Gasteiger charge is -2.30. The van der Waals surface area contributed by atoms with Crippen LogP contribution in [0, 0.1) is 11.8 Å². The van der Waals surface area contributed by atoms with E-state index in [2.05, 4.69) is 59.8 Å². The number of H-pyrrole nitrogens is 2. The number of phosphoric ester groups is 2. The number of aliphatic hydroxyl groups is 2. The molecule has 54 heteroatoms. The Bertz CT molecular complexity index is 4210. The van der Waals surface area contributed by atoms with Gasteiger partial charge in [-0.15, -0.1) is 0 Å². The number of alkyl halides is 2. The first-order valence-corrected chi connectivity index (χ1v) is 33.0. The van der Waals surface area contributed by atoms with Crippen LogP contribution in [-0.2, 0) is 73.4 Å². The van der Waals surface area contributed by atoms with Gasteiger partial charge in [0.2, 0.25) is 27.0 Å². The zero-order chi connectivity index (χ0) is 65.1. The number of nitrogens with one attached hydrogen (secondary N) is 2. The number of ether oxygens (including phenoxy) is 4. The van der Waals surface area contributed by atoms with Crippen molar-refractivity contribution in [3.05, 3.63) is 58.7 Å². The predicted octanol–water partition coefficient (Wildman–Crippen LogP) is -1.64. The second kappa shape index (κ2) is 27.8. The fraction of sp³-hybridized carbons (Fsp3) is 0.524. The Hall–Kier alpha value is -6.89. The Kier molecular flexibility index (Phi) is 21.2. The highest BCUT2D eigenvalue weighted by atomic mass is 31.2. The number of rotatable bonds is 6. The summed E-state index contributed by atoms with van der Waals surface area (Å²) in [6.07, 6.45) is -15.7. The number of anilines is 4. The van der Waals surface area contributed by atoms with Gasteiger partial charge in [0.15, 0.2) is 82.5 Å². The van der Waals surface area contributed by atoms with Crippen LogP contribution in [0.2, 0.25) is 0 Å². The van der Waals surface area contributed by atoms with E-state index in [1.54, 1.807) is 0 Å². The largest absolute Gasteiger partial charge is 0.756 e. The van der Waals surface area contributed by atoms with E-state index in [1.165, 1.54) is 9.13 Å². The number of nitrogens with two attached hydrogens (primary N) is 4. The van der Waals surface area contributed by atoms with Crippen LogP contribution in [0.4, 0.5) is 32.3 Å². The SMILES string of the molecule is [B][P@]1(=O)OC[C@H]2OC(n3cnc4c(N)ncnc43)[C@@H](F)[C@H]2OP(=O)([O-])OCC2O[C@@H](n3cnc4c(=O)[nH]c(N)nc43)[C@@H](O1)[C@H]2CO.[B][P@]1(=O)OC[C@H]2OC(n3cnc4c(N)ncnc43)[C@@H](F)[C@H]2OP(=O)([O-])OCC2O[C@@H](n3cnc4c(=O)[nH]c(N)nc43)[C@@H](O1)[C@H]2CO.[NH4+].[NH4+].[NH4+].[NH4+]. The zero-order valence-electron chi connectivity index (χ0n) is 50.3. The van der Waals surface area contributed by atoms with Crippen molar-refractivity contribution in [2.45, 2.75) is 86.1 Å². The molecule has 96 heavy (non-hydrogen) atoms. The van der Waals surface area contributed by atoms with Gasteiger partial charge in [-0.3, -0.25) is 56.1 Å². The Morgan fingerprint density at radius 2 is 0.823 bits per heavy atom. The van der Waals surface area contributed by atoms with Crippen molar-refractivity contribution in [1.29, 1.82) is 0 Å². The van der Waals surface area contributed by atoms with Crippen molar-refractivity contribution in [3.63, 3.8) is 0 Å². The van der Waals surface area contributed by atoms with Crippen molar-refractivity contribution < 1.29 is 102 Å². The minimum atomic E-state index is -5.34. The first-order valence-electron chi connectivity index (χ1n) is 26.8. The minimum Gasteiger partial charge on any atom is -0.756 e. The molecule has 0 spiro atoms. The van der Waals surface area contributed by atoms with Gasteiger partial charge in [-0.25, -0.2) is 48.7 Å². The molecule has 0 saturated carbocycles. The molecule has 6 saturated heterocycles. The Morgan fingerprint density at radius 3 is 1.19 bits per heavy atom. The molecule has 0 aromatic carbocycles. The van der Waals surface area contributed by atoms with Crippen LogP contribution in [0.25, 0.3) is 44.7 Å². The quantitative estimate of drug-likeness (QED) is 0.0656. The van der Waals surface area contributed by atoms with E-state index < -0.39 is 179 Å². The molecule has 4 radical (unpaired) electrons. The number of imidazole rings is 4. The number of fused-ring (bicyclic) bond motifs is 10. The summed E-state index contributed by atoms with van der Waals surface area (Å²) in [6.45, 7) is -4.57. The Labute approximate surface area is 536 Å². The molecule has 6 fully saturated rings. The highest BCUT2D eigenvalue weighted by molar-refractivity contribution is 7.79. The van der Waals surface area contributed by atoms with Gasteiger partial charge in [0.25, 0.3) is 41.7 Å². The maximum atomic E-state index is 15.9. The first kappa shape index (κ1) is 73.4. The van der Waals surface area contributed by atoms with Crippen molar-refractivity contribution in [3.8, 4) is 0 Å². The summed E-state index contributed by atoms with van der Waals surface area (Å²) in [4.78, 5) is 95.3. The third-order valence-electron chi connectivity index (χ3n) is 15.4. The van der Waals surface area contributed by atoms with Crippen LogP contribution in [0.5, 0.6) is 0 Å². The molecule has 4 bridgehead atoms. The molecular weight excluding hydrogens is 1380 g/mol. The summed E-state index contributed by atoms with van der Waals surface area (Å²) in [6, 6.07) is 0. The number of halogens is 2. The van der Waals surface area contributed by atoms with Gasteiger partial charge in [-0.1, -0.05) is 0 Å². The monoisotopic (exact) mass is 1440 g/mol. The summed E-state index contributed by atoms with van der Waals surface area (Å²) < 4.78 is 156. The molecular formula is C42H62B2F2N24O22P4+2. The fourth-order valence-electron chi connectivity index (χ4n) is 11.2. The molecule has 20 atom stereocenters. The average Bonchev–Trinajstić information content (AvgIpc) is 1.64. The van der Waals surface area contributed by atoms with Gasteiger partial charge < -0.3 is 123 Å². The van der Waals surface area contributed by atoms with Gasteiger partial charge in [-0.2, -0.15) is 9.97 Å². The van der Waals surface area contributed by atoms with Crippen molar-refractivity contribution >= 4 is 114 Å². The summed E-state index contributed by atoms with van der Waals surface area (Å²) in [5, 5.41) is 20.5. The number of aliphatic hydroxyl groups excluding tert-OH is 2. The predicted molar refractivity (Wildman–Crippen MR) is 320 cm³/mol. The summed E-state index contributed by atoms with van der Waals surface area (Å²) in [5.74, 6) is -2.79. The Balaban J connectivity index is 0.000000216. The molecule has 0 amide bonds. The van der Waals surface area contributed by atoms with E-state index in [4.69, 9.17) is 93.2 Å². The van der Waals surface area contributed by atoms with E-state index >= 15 is 8.78 Å². The average molecular weight is 1440 g/mol. The van der Waals surface area contributed by atoms with E-state index in [0.717, 1.165) is 47.1 Å². The normalized spacial score (nSPS) is 35.6. The lowest BCUT2D eigenvalue weighted by Crippen LogP contribution is -2.35. The van der Waals surface area contributed by atoms with Crippen LogP contribution in [0.3, 0.4) is 0 Å². The summed E-state index contributed by atoms with van der Waals surface area (Å²) in [7, 11) is -8.08. The van der Waals surface area contributed by atoms with Crippen LogP contribution < -0.4 is 68.4 Å². The highest BCUT2D eigenvalue weighted by Crippen LogP contribution is 2.56. The smallest absolute Gasteiger partial charge is 0.280 e. The molecule has 14 rings (SSSR count). The molecule has 6 aliphatic heterocycles. The summed E-state index contributed by atoms with van der Waals surface area (Å²) in [5.41, 5.74) is 21.6. The number of phosphoric acid groups is 2.